The van der Waals surface area contributed by atoms with E-state index in [1.807, 2.05) is 0 Å². The SMILES string of the molecule is COCC(=O)Nc1ccc(F)c(C(CS(C)(=O)=O)N=C(C)N)c1.FC(F)(F)c1ccccc1. The van der Waals surface area contributed by atoms with Gasteiger partial charge in [-0.1, -0.05) is 30.3 Å². The van der Waals surface area contributed by atoms with Gasteiger partial charge in [0, 0.05) is 24.6 Å². The number of sulfone groups is 1. The zero-order chi connectivity index (χ0) is 25.2. The molecule has 0 fully saturated rings. The van der Waals surface area contributed by atoms with Crippen LogP contribution >= 0.6 is 0 Å². The first-order valence-electron chi connectivity index (χ1n) is 9.41. The molecule has 0 aliphatic carbocycles. The molecule has 0 saturated heterocycles. The van der Waals surface area contributed by atoms with Crippen LogP contribution in [0.4, 0.5) is 23.2 Å². The van der Waals surface area contributed by atoms with E-state index < -0.39 is 45.1 Å². The van der Waals surface area contributed by atoms with Crippen LogP contribution in [0.5, 0.6) is 0 Å². The van der Waals surface area contributed by atoms with Gasteiger partial charge in [0.2, 0.25) is 5.91 Å². The molecule has 0 aliphatic heterocycles. The molecule has 1 atom stereocenters. The average molecular weight is 492 g/mol. The third-order valence-electron chi connectivity index (χ3n) is 3.84. The van der Waals surface area contributed by atoms with E-state index in [2.05, 4.69) is 10.3 Å². The van der Waals surface area contributed by atoms with E-state index in [0.717, 1.165) is 24.5 Å². The number of hydrogen-bond acceptors (Lipinski definition) is 5. The number of benzene rings is 2. The minimum Gasteiger partial charge on any atom is -0.388 e. The number of amides is 1. The molecule has 0 radical (unpaired) electrons. The van der Waals surface area contributed by atoms with Gasteiger partial charge in [-0.15, -0.1) is 0 Å². The van der Waals surface area contributed by atoms with Crippen molar-refractivity contribution in [1.29, 1.82) is 0 Å². The van der Waals surface area contributed by atoms with Crippen molar-refractivity contribution in [2.24, 2.45) is 10.7 Å². The van der Waals surface area contributed by atoms with Crippen molar-refractivity contribution < 1.29 is 35.5 Å². The minimum absolute atomic E-state index is 0.0374. The van der Waals surface area contributed by atoms with E-state index in [4.69, 9.17) is 10.5 Å². The van der Waals surface area contributed by atoms with Gasteiger partial charge in [-0.3, -0.25) is 9.79 Å². The molecule has 0 saturated carbocycles. The molecule has 1 unspecified atom stereocenters. The molecule has 0 spiro atoms. The number of methoxy groups -OCH3 is 1. The predicted octanol–water partition coefficient (Wildman–Crippen LogP) is 3.58. The Morgan fingerprint density at radius 2 is 1.79 bits per heavy atom. The summed E-state index contributed by atoms with van der Waals surface area (Å²) in [5.74, 6) is -1.31. The number of anilines is 1. The van der Waals surface area contributed by atoms with Crippen molar-refractivity contribution in [2.75, 3.05) is 31.0 Å². The van der Waals surface area contributed by atoms with Crippen molar-refractivity contribution in [3.63, 3.8) is 0 Å². The van der Waals surface area contributed by atoms with E-state index in [0.29, 0.717) is 5.69 Å². The number of nitrogens with two attached hydrogens (primary N) is 1. The Bertz CT molecular complexity index is 1050. The van der Waals surface area contributed by atoms with Crippen LogP contribution < -0.4 is 11.1 Å². The van der Waals surface area contributed by atoms with Crippen LogP contribution in [0.1, 0.15) is 24.1 Å². The molecule has 33 heavy (non-hydrogen) atoms. The maximum Gasteiger partial charge on any atom is 0.416 e. The second-order valence-corrected chi connectivity index (χ2v) is 9.14. The molecule has 2 aromatic rings. The van der Waals surface area contributed by atoms with Crippen LogP contribution in [0.25, 0.3) is 0 Å². The van der Waals surface area contributed by atoms with Crippen LogP contribution in [-0.2, 0) is 25.5 Å². The summed E-state index contributed by atoms with van der Waals surface area (Å²) in [4.78, 5) is 15.5. The van der Waals surface area contributed by atoms with E-state index in [1.165, 1.54) is 38.3 Å². The molecule has 0 aromatic heterocycles. The number of nitrogens with one attached hydrogen (secondary N) is 1. The lowest BCUT2D eigenvalue weighted by atomic mass is 10.1. The van der Waals surface area contributed by atoms with Crippen molar-refractivity contribution in [1.82, 2.24) is 0 Å². The number of alkyl halides is 3. The van der Waals surface area contributed by atoms with Gasteiger partial charge in [-0.25, -0.2) is 12.8 Å². The Morgan fingerprint density at radius 1 is 1.18 bits per heavy atom. The summed E-state index contributed by atoms with van der Waals surface area (Å²) in [5, 5.41) is 2.52. The van der Waals surface area contributed by atoms with Gasteiger partial charge in [0.05, 0.1) is 23.2 Å². The van der Waals surface area contributed by atoms with Gasteiger partial charge in [0.1, 0.15) is 22.3 Å². The zero-order valence-electron chi connectivity index (χ0n) is 18.2. The third kappa shape index (κ3) is 10.9. The second kappa shape index (κ2) is 12.3. The van der Waals surface area contributed by atoms with Crippen LogP contribution in [0, 0.1) is 5.82 Å². The molecular weight excluding hydrogens is 466 g/mol. The number of halogens is 4. The maximum absolute atomic E-state index is 14.1. The fourth-order valence-electron chi connectivity index (χ4n) is 2.56. The van der Waals surface area contributed by atoms with Crippen LogP contribution in [0.3, 0.4) is 0 Å². The number of hydrogen-bond donors (Lipinski definition) is 2. The Balaban J connectivity index is 0.000000451. The summed E-state index contributed by atoms with van der Waals surface area (Å²) < 4.78 is 77.2. The number of carbonyl (C=O) groups is 1. The fourth-order valence-corrected chi connectivity index (χ4v) is 3.39. The molecule has 2 aromatic carbocycles. The van der Waals surface area contributed by atoms with E-state index >= 15 is 0 Å². The lowest BCUT2D eigenvalue weighted by Gasteiger charge is -2.15. The lowest BCUT2D eigenvalue weighted by Crippen LogP contribution is -2.19. The first-order valence-corrected chi connectivity index (χ1v) is 11.5. The first-order chi connectivity index (χ1) is 15.2. The Morgan fingerprint density at radius 3 is 2.24 bits per heavy atom. The predicted molar refractivity (Wildman–Crippen MR) is 118 cm³/mol. The Labute approximate surface area is 189 Å². The Kier molecular flexibility index (Phi) is 10.5. The molecule has 0 heterocycles. The molecule has 3 N–H and O–H groups in total. The molecular formula is C21H25F4N3O4S. The normalized spacial score (nSPS) is 13.0. The number of nitrogens with zero attached hydrogens (tertiary/aromatic N) is 1. The van der Waals surface area contributed by atoms with Gasteiger partial charge >= 0.3 is 6.18 Å². The first kappa shape index (κ1) is 28.0. The maximum atomic E-state index is 14.1. The van der Waals surface area contributed by atoms with Crippen molar-refractivity contribution in [3.05, 3.63) is 65.5 Å². The highest BCUT2D eigenvalue weighted by molar-refractivity contribution is 7.90. The smallest absolute Gasteiger partial charge is 0.388 e. The van der Waals surface area contributed by atoms with Gasteiger partial charge in [0.25, 0.3) is 0 Å². The Hall–Kier alpha value is -2.99. The molecule has 2 rings (SSSR count). The van der Waals surface area contributed by atoms with Crippen molar-refractivity contribution in [2.45, 2.75) is 19.1 Å². The highest BCUT2D eigenvalue weighted by Crippen LogP contribution is 2.28. The van der Waals surface area contributed by atoms with Crippen LogP contribution in [0.15, 0.2) is 53.5 Å². The number of rotatable bonds is 7. The number of aliphatic imine (C=N–C) groups is 1. The summed E-state index contributed by atoms with van der Waals surface area (Å²) in [6, 6.07) is 9.21. The van der Waals surface area contributed by atoms with Crippen molar-refractivity contribution in [3.8, 4) is 0 Å². The summed E-state index contributed by atoms with van der Waals surface area (Å²) >= 11 is 0. The number of amidine groups is 1. The molecule has 182 valence electrons. The monoisotopic (exact) mass is 491 g/mol. The molecule has 1 amide bonds. The zero-order valence-corrected chi connectivity index (χ0v) is 19.0. The standard InChI is InChI=1S/C14H20FN3O4S.C7H5F3/c1-9(16)17-13(8-23(3,20)21)11-6-10(4-5-12(11)15)18-14(19)7-22-2;8-7(9,10)6-4-2-1-3-5-6/h4-6,13H,7-8H2,1-3H3,(H2,16,17)(H,18,19);1-5H. The van der Waals surface area contributed by atoms with Gasteiger partial charge in [-0.05, 0) is 25.1 Å². The van der Waals surface area contributed by atoms with Gasteiger partial charge in [-0.2, -0.15) is 13.2 Å². The lowest BCUT2D eigenvalue weighted by molar-refractivity contribution is -0.137. The third-order valence-corrected chi connectivity index (χ3v) is 4.76. The van der Waals surface area contributed by atoms with E-state index in [1.54, 1.807) is 6.07 Å². The number of ether oxygens (including phenoxy) is 1. The summed E-state index contributed by atoms with van der Waals surface area (Å²) in [7, 11) is -2.04. The number of carbonyl (C=O) groups excluding carboxylic acids is 1. The summed E-state index contributed by atoms with van der Waals surface area (Å²) in [6.45, 7) is 1.33. The largest absolute Gasteiger partial charge is 0.416 e. The van der Waals surface area contributed by atoms with Gasteiger partial charge in [0.15, 0.2) is 0 Å². The molecule has 0 aliphatic rings. The van der Waals surface area contributed by atoms with Gasteiger partial charge < -0.3 is 15.8 Å². The highest BCUT2D eigenvalue weighted by atomic mass is 32.2. The van der Waals surface area contributed by atoms with E-state index in [9.17, 15) is 30.8 Å². The second-order valence-electron chi connectivity index (χ2n) is 6.96. The molecule has 7 nitrogen and oxygen atoms in total. The van der Waals surface area contributed by atoms with Crippen LogP contribution in [-0.4, -0.2) is 45.9 Å². The molecule has 12 heteroatoms. The van der Waals surface area contributed by atoms with E-state index in [-0.39, 0.29) is 18.0 Å². The van der Waals surface area contributed by atoms with Crippen molar-refractivity contribution >= 4 is 27.3 Å². The average Bonchev–Trinajstić information content (AvgIpc) is 2.68. The highest BCUT2D eigenvalue weighted by Gasteiger charge is 2.29. The fraction of sp³-hybridized carbons (Fsp3) is 0.333. The quantitative estimate of drug-likeness (QED) is 0.350. The van der Waals surface area contributed by atoms with Crippen LogP contribution in [0.2, 0.25) is 0 Å². The summed E-state index contributed by atoms with van der Waals surface area (Å²) in [6.07, 6.45) is -3.18. The minimum atomic E-state index is -4.21. The molecule has 0 bridgehead atoms. The summed E-state index contributed by atoms with van der Waals surface area (Å²) in [5.41, 5.74) is 5.25. The topological polar surface area (TPSA) is 111 Å².